The van der Waals surface area contributed by atoms with Crippen LogP contribution in [0.5, 0.6) is 5.75 Å². The highest BCUT2D eigenvalue weighted by Gasteiger charge is 2.22. The van der Waals surface area contributed by atoms with Crippen LogP contribution in [0.3, 0.4) is 0 Å². The molecule has 1 aromatic carbocycles. The number of nitrogens with zero attached hydrogens (tertiary/aromatic N) is 4. The van der Waals surface area contributed by atoms with Crippen LogP contribution in [0.2, 0.25) is 0 Å². The lowest BCUT2D eigenvalue weighted by molar-refractivity contribution is 0.0854. The standard InChI is InChI=1S/C24H29N7O2/c1-26-14-18(13-25)16-4-5-20(21(12-16)32-3)29-24-28-15-17-6-9-27-23(22(17)30-24)31(2)19-7-10-33-11-8-19/h4-6,9,12-15,19,25-26H,7-8,10-11H2,1-3H3,(H,28,29,30)/b18-14+,25-13?. The molecule has 1 fully saturated rings. The molecule has 172 valence electrons. The monoisotopic (exact) mass is 447 g/mol. The summed E-state index contributed by atoms with van der Waals surface area (Å²) in [5.41, 5.74) is 3.14. The molecular formula is C24H29N7O2. The Kier molecular flexibility index (Phi) is 6.99. The molecule has 2 aromatic heterocycles. The van der Waals surface area contributed by atoms with E-state index in [1.165, 1.54) is 6.21 Å². The average molecular weight is 448 g/mol. The maximum absolute atomic E-state index is 7.64. The summed E-state index contributed by atoms with van der Waals surface area (Å²) >= 11 is 0. The summed E-state index contributed by atoms with van der Waals surface area (Å²) in [5, 5.41) is 14.8. The second-order valence-electron chi connectivity index (χ2n) is 7.79. The minimum absolute atomic E-state index is 0.365. The van der Waals surface area contributed by atoms with E-state index in [1.807, 2.05) is 24.3 Å². The molecule has 0 aliphatic carbocycles. The van der Waals surface area contributed by atoms with Gasteiger partial charge in [0.15, 0.2) is 5.82 Å². The fourth-order valence-corrected chi connectivity index (χ4v) is 3.96. The van der Waals surface area contributed by atoms with Crippen LogP contribution >= 0.6 is 0 Å². The van der Waals surface area contributed by atoms with Crippen molar-refractivity contribution in [2.24, 2.45) is 0 Å². The van der Waals surface area contributed by atoms with Gasteiger partial charge in [-0.3, -0.25) is 0 Å². The molecule has 1 aliphatic heterocycles. The van der Waals surface area contributed by atoms with Crippen LogP contribution in [-0.4, -0.2) is 61.6 Å². The summed E-state index contributed by atoms with van der Waals surface area (Å²) in [7, 11) is 5.48. The zero-order chi connectivity index (χ0) is 23.2. The molecule has 0 saturated carbocycles. The van der Waals surface area contributed by atoms with Gasteiger partial charge in [0.2, 0.25) is 5.95 Å². The van der Waals surface area contributed by atoms with Crippen LogP contribution in [0, 0.1) is 5.41 Å². The summed E-state index contributed by atoms with van der Waals surface area (Å²) in [6, 6.07) is 7.98. The molecule has 9 nitrogen and oxygen atoms in total. The van der Waals surface area contributed by atoms with E-state index in [-0.39, 0.29) is 0 Å². The van der Waals surface area contributed by atoms with Crippen LogP contribution in [0.4, 0.5) is 17.5 Å². The lowest BCUT2D eigenvalue weighted by atomic mass is 10.1. The Morgan fingerprint density at radius 3 is 2.79 bits per heavy atom. The smallest absolute Gasteiger partial charge is 0.227 e. The molecule has 33 heavy (non-hydrogen) atoms. The maximum Gasteiger partial charge on any atom is 0.227 e. The van der Waals surface area contributed by atoms with Crippen molar-refractivity contribution in [3.8, 4) is 5.75 Å². The van der Waals surface area contributed by atoms with Gasteiger partial charge in [-0.15, -0.1) is 0 Å². The first kappa shape index (κ1) is 22.5. The third kappa shape index (κ3) is 4.88. The van der Waals surface area contributed by atoms with E-state index in [2.05, 4.69) is 32.5 Å². The molecule has 4 rings (SSSR count). The highest BCUT2D eigenvalue weighted by atomic mass is 16.5. The number of pyridine rings is 1. The van der Waals surface area contributed by atoms with Gasteiger partial charge in [0.05, 0.1) is 12.8 Å². The minimum Gasteiger partial charge on any atom is -0.495 e. The Bertz CT molecular complexity index is 1160. The van der Waals surface area contributed by atoms with Crippen LogP contribution in [0.1, 0.15) is 18.4 Å². The molecule has 0 amide bonds. The Morgan fingerprint density at radius 2 is 2.06 bits per heavy atom. The first-order valence-electron chi connectivity index (χ1n) is 10.9. The third-order valence-electron chi connectivity index (χ3n) is 5.79. The predicted octanol–water partition coefficient (Wildman–Crippen LogP) is 3.60. The van der Waals surface area contributed by atoms with E-state index in [0.717, 1.165) is 59.6 Å². The normalized spacial score (nSPS) is 14.7. The summed E-state index contributed by atoms with van der Waals surface area (Å²) in [6.07, 6.45) is 8.60. The zero-order valence-electron chi connectivity index (χ0n) is 19.1. The van der Waals surface area contributed by atoms with Gasteiger partial charge < -0.3 is 30.4 Å². The number of hydrogen-bond acceptors (Lipinski definition) is 9. The fourth-order valence-electron chi connectivity index (χ4n) is 3.96. The molecule has 0 atom stereocenters. The second-order valence-corrected chi connectivity index (χ2v) is 7.79. The number of rotatable bonds is 8. The molecule has 1 saturated heterocycles. The molecule has 0 bridgehead atoms. The van der Waals surface area contributed by atoms with Crippen LogP contribution in [0.15, 0.2) is 42.9 Å². The molecule has 3 heterocycles. The van der Waals surface area contributed by atoms with Crippen molar-refractivity contribution >= 4 is 40.1 Å². The summed E-state index contributed by atoms with van der Waals surface area (Å²) in [5.74, 6) is 1.92. The number of aromatic nitrogens is 3. The number of fused-ring (bicyclic) bond motifs is 1. The molecule has 0 unspecified atom stereocenters. The Morgan fingerprint density at radius 1 is 1.24 bits per heavy atom. The second kappa shape index (κ2) is 10.3. The number of ether oxygens (including phenoxy) is 2. The summed E-state index contributed by atoms with van der Waals surface area (Å²) in [6.45, 7) is 1.53. The molecule has 1 aliphatic rings. The van der Waals surface area contributed by atoms with Crippen molar-refractivity contribution in [3.05, 3.63) is 48.4 Å². The molecule has 9 heteroatoms. The molecule has 0 radical (unpaired) electrons. The topological polar surface area (TPSA) is 108 Å². The Labute approximate surface area is 193 Å². The van der Waals surface area contributed by atoms with Crippen molar-refractivity contribution < 1.29 is 9.47 Å². The third-order valence-corrected chi connectivity index (χ3v) is 5.79. The SMILES string of the molecule is CN/C=C(\C=N)c1ccc(Nc2ncc3ccnc(N(C)C4CCOCC4)c3n2)c(OC)c1. The van der Waals surface area contributed by atoms with E-state index in [0.29, 0.717) is 17.7 Å². The minimum atomic E-state index is 0.365. The number of anilines is 3. The van der Waals surface area contributed by atoms with E-state index >= 15 is 0 Å². The van der Waals surface area contributed by atoms with E-state index in [9.17, 15) is 0 Å². The van der Waals surface area contributed by atoms with Gasteiger partial charge in [-0.2, -0.15) is 0 Å². The first-order valence-corrected chi connectivity index (χ1v) is 10.9. The van der Waals surface area contributed by atoms with Crippen molar-refractivity contribution in [2.45, 2.75) is 18.9 Å². The van der Waals surface area contributed by atoms with Gasteiger partial charge in [-0.1, -0.05) is 6.07 Å². The number of methoxy groups -OCH3 is 1. The number of nitrogens with one attached hydrogen (secondary N) is 3. The van der Waals surface area contributed by atoms with Crippen LogP contribution < -0.4 is 20.3 Å². The van der Waals surface area contributed by atoms with Crippen molar-refractivity contribution in [1.82, 2.24) is 20.3 Å². The van der Waals surface area contributed by atoms with Crippen molar-refractivity contribution in [1.29, 1.82) is 5.41 Å². The van der Waals surface area contributed by atoms with Gasteiger partial charge in [0.25, 0.3) is 0 Å². The van der Waals surface area contributed by atoms with E-state index < -0.39 is 0 Å². The quantitative estimate of drug-likeness (QED) is 0.450. The zero-order valence-corrected chi connectivity index (χ0v) is 19.1. The summed E-state index contributed by atoms with van der Waals surface area (Å²) in [4.78, 5) is 16.1. The van der Waals surface area contributed by atoms with Gasteiger partial charge in [-0.05, 0) is 36.6 Å². The fraction of sp³-hybridized carbons (Fsp3) is 0.333. The predicted molar refractivity (Wildman–Crippen MR) is 132 cm³/mol. The van der Waals surface area contributed by atoms with Gasteiger partial charge >= 0.3 is 0 Å². The molecule has 3 aromatic rings. The molecule has 3 N–H and O–H groups in total. The largest absolute Gasteiger partial charge is 0.495 e. The highest BCUT2D eigenvalue weighted by Crippen LogP contribution is 2.31. The molecular weight excluding hydrogens is 418 g/mol. The van der Waals surface area contributed by atoms with E-state index in [1.54, 1.807) is 32.8 Å². The van der Waals surface area contributed by atoms with E-state index in [4.69, 9.17) is 19.9 Å². The van der Waals surface area contributed by atoms with Gasteiger partial charge in [-0.25, -0.2) is 15.0 Å². The molecule has 0 spiro atoms. The summed E-state index contributed by atoms with van der Waals surface area (Å²) < 4.78 is 11.1. The highest BCUT2D eigenvalue weighted by molar-refractivity contribution is 6.08. The number of benzene rings is 1. The Balaban J connectivity index is 1.65. The van der Waals surface area contributed by atoms with Gasteiger partial charge in [0, 0.05) is 69.1 Å². The van der Waals surface area contributed by atoms with Crippen LogP contribution in [-0.2, 0) is 4.74 Å². The lowest BCUT2D eigenvalue weighted by Crippen LogP contribution is -2.37. The van der Waals surface area contributed by atoms with Crippen LogP contribution in [0.25, 0.3) is 16.5 Å². The van der Waals surface area contributed by atoms with Crippen molar-refractivity contribution in [3.63, 3.8) is 0 Å². The maximum atomic E-state index is 7.64. The average Bonchev–Trinajstić information content (AvgIpc) is 2.87. The number of hydrogen-bond donors (Lipinski definition) is 3. The van der Waals surface area contributed by atoms with Gasteiger partial charge in [0.1, 0.15) is 11.3 Å². The Hall–Kier alpha value is -3.72. The number of allylic oxidation sites excluding steroid dienone is 1. The first-order chi connectivity index (χ1) is 16.1. The van der Waals surface area contributed by atoms with Crippen molar-refractivity contribution in [2.75, 3.05) is 44.6 Å². The lowest BCUT2D eigenvalue weighted by Gasteiger charge is -2.32.